The molecule has 3 rings (SSSR count). The van der Waals surface area contributed by atoms with Gasteiger partial charge in [-0.1, -0.05) is 25.6 Å². The lowest BCUT2D eigenvalue weighted by atomic mass is 10.2. The zero-order chi connectivity index (χ0) is 14.7. The van der Waals surface area contributed by atoms with Crippen LogP contribution in [0.2, 0.25) is 0 Å². The largest absolute Gasteiger partial charge is 0.311 e. The number of aromatic nitrogens is 3. The van der Waals surface area contributed by atoms with E-state index in [0.717, 1.165) is 23.1 Å². The molecule has 0 spiro atoms. The number of nitrogens with one attached hydrogen (secondary N) is 1. The second kappa shape index (κ2) is 6.60. The Morgan fingerprint density at radius 3 is 2.90 bits per heavy atom. The lowest BCUT2D eigenvalue weighted by Crippen LogP contribution is -2.20. The lowest BCUT2D eigenvalue weighted by Gasteiger charge is -2.08. The van der Waals surface area contributed by atoms with E-state index < -0.39 is 0 Å². The summed E-state index contributed by atoms with van der Waals surface area (Å²) in [5, 5.41) is 6.67. The van der Waals surface area contributed by atoms with E-state index in [1.54, 1.807) is 23.1 Å². The fourth-order valence-electron chi connectivity index (χ4n) is 2.05. The molecule has 3 heterocycles. The second-order valence-electron chi connectivity index (χ2n) is 5.23. The van der Waals surface area contributed by atoms with Crippen molar-refractivity contribution >= 4 is 28.1 Å². The Hall–Kier alpha value is -1.37. The first kappa shape index (κ1) is 14.6. The van der Waals surface area contributed by atoms with Gasteiger partial charge in [0.15, 0.2) is 4.96 Å². The smallest absolute Gasteiger partial charge is 0.194 e. The van der Waals surface area contributed by atoms with Gasteiger partial charge in [-0.2, -0.15) is 0 Å². The van der Waals surface area contributed by atoms with Crippen molar-refractivity contribution in [2.75, 3.05) is 6.54 Å². The van der Waals surface area contributed by atoms with Crippen LogP contribution in [-0.4, -0.2) is 20.9 Å². The molecule has 0 bridgehead atoms. The van der Waals surface area contributed by atoms with Crippen LogP contribution in [0.4, 0.5) is 0 Å². The van der Waals surface area contributed by atoms with Crippen molar-refractivity contribution in [1.82, 2.24) is 19.7 Å². The Morgan fingerprint density at radius 2 is 2.14 bits per heavy atom. The molecule has 0 aliphatic carbocycles. The number of pyridine rings is 1. The summed E-state index contributed by atoms with van der Waals surface area (Å²) in [6, 6.07) is 4.03. The van der Waals surface area contributed by atoms with E-state index in [9.17, 15) is 0 Å². The van der Waals surface area contributed by atoms with Gasteiger partial charge in [0, 0.05) is 35.4 Å². The quantitative estimate of drug-likeness (QED) is 0.753. The molecule has 0 aromatic carbocycles. The SMILES string of the molecule is CC(C)CNCc1c(Sc2ccncc2)nc2sccn12. The van der Waals surface area contributed by atoms with Crippen LogP contribution >= 0.6 is 23.1 Å². The van der Waals surface area contributed by atoms with E-state index in [-0.39, 0.29) is 0 Å². The highest BCUT2D eigenvalue weighted by atomic mass is 32.2. The van der Waals surface area contributed by atoms with Gasteiger partial charge < -0.3 is 5.32 Å². The van der Waals surface area contributed by atoms with Crippen LogP contribution in [0, 0.1) is 5.92 Å². The van der Waals surface area contributed by atoms with Crippen molar-refractivity contribution in [2.24, 2.45) is 5.92 Å². The van der Waals surface area contributed by atoms with Gasteiger partial charge in [0.2, 0.25) is 0 Å². The third kappa shape index (κ3) is 3.45. The third-order valence-corrected chi connectivity index (χ3v) is 4.82. The van der Waals surface area contributed by atoms with Crippen molar-refractivity contribution in [3.63, 3.8) is 0 Å². The van der Waals surface area contributed by atoms with E-state index in [0.29, 0.717) is 5.92 Å². The molecule has 21 heavy (non-hydrogen) atoms. The van der Waals surface area contributed by atoms with Gasteiger partial charge >= 0.3 is 0 Å². The molecule has 0 aliphatic heterocycles. The second-order valence-corrected chi connectivity index (χ2v) is 7.16. The molecular weight excluding hydrogens is 300 g/mol. The fraction of sp³-hybridized carbons (Fsp3) is 0.333. The Balaban J connectivity index is 1.85. The Bertz CT molecular complexity index is 703. The average molecular weight is 318 g/mol. The summed E-state index contributed by atoms with van der Waals surface area (Å²) in [7, 11) is 0. The molecule has 0 saturated heterocycles. The van der Waals surface area contributed by atoms with Crippen LogP contribution in [0.15, 0.2) is 46.0 Å². The van der Waals surface area contributed by atoms with Crippen molar-refractivity contribution in [1.29, 1.82) is 0 Å². The van der Waals surface area contributed by atoms with E-state index in [4.69, 9.17) is 4.98 Å². The van der Waals surface area contributed by atoms with Crippen molar-refractivity contribution in [3.05, 3.63) is 41.8 Å². The highest BCUT2D eigenvalue weighted by Crippen LogP contribution is 2.31. The van der Waals surface area contributed by atoms with Crippen LogP contribution in [0.5, 0.6) is 0 Å². The Labute approximate surface area is 132 Å². The minimum atomic E-state index is 0.646. The molecule has 0 aliphatic rings. The summed E-state index contributed by atoms with van der Waals surface area (Å²) < 4.78 is 2.18. The van der Waals surface area contributed by atoms with E-state index >= 15 is 0 Å². The predicted molar refractivity (Wildman–Crippen MR) is 88.0 cm³/mol. The maximum absolute atomic E-state index is 4.75. The summed E-state index contributed by atoms with van der Waals surface area (Å²) >= 11 is 3.37. The van der Waals surface area contributed by atoms with Gasteiger partial charge in [-0.05, 0) is 24.6 Å². The fourth-order valence-corrected chi connectivity index (χ4v) is 3.74. The number of nitrogens with zero attached hydrogens (tertiary/aromatic N) is 3. The minimum Gasteiger partial charge on any atom is -0.311 e. The Kier molecular flexibility index (Phi) is 4.57. The first-order chi connectivity index (χ1) is 10.2. The van der Waals surface area contributed by atoms with E-state index in [1.165, 1.54) is 10.6 Å². The van der Waals surface area contributed by atoms with Gasteiger partial charge in [0.1, 0.15) is 5.03 Å². The Morgan fingerprint density at radius 1 is 1.33 bits per heavy atom. The van der Waals surface area contributed by atoms with Crippen LogP contribution in [0.25, 0.3) is 4.96 Å². The molecule has 6 heteroatoms. The van der Waals surface area contributed by atoms with E-state index in [1.807, 2.05) is 24.5 Å². The predicted octanol–water partition coefficient (Wildman–Crippen LogP) is 3.69. The molecule has 4 nitrogen and oxygen atoms in total. The maximum Gasteiger partial charge on any atom is 0.194 e. The number of thiazole rings is 1. The molecule has 0 amide bonds. The molecule has 0 saturated carbocycles. The van der Waals surface area contributed by atoms with Gasteiger partial charge in [0.25, 0.3) is 0 Å². The molecular formula is C15H18N4S2. The summed E-state index contributed by atoms with van der Waals surface area (Å²) in [4.78, 5) is 11.0. The van der Waals surface area contributed by atoms with E-state index in [2.05, 4.69) is 40.1 Å². The topological polar surface area (TPSA) is 42.2 Å². The number of hydrogen-bond donors (Lipinski definition) is 1. The van der Waals surface area contributed by atoms with Crippen molar-refractivity contribution in [3.8, 4) is 0 Å². The molecule has 0 unspecified atom stereocenters. The molecule has 3 aromatic rings. The molecule has 3 aromatic heterocycles. The van der Waals surface area contributed by atoms with Crippen molar-refractivity contribution in [2.45, 2.75) is 30.3 Å². The highest BCUT2D eigenvalue weighted by molar-refractivity contribution is 7.99. The normalized spacial score (nSPS) is 11.6. The molecule has 0 fully saturated rings. The highest BCUT2D eigenvalue weighted by Gasteiger charge is 2.14. The summed E-state index contributed by atoms with van der Waals surface area (Å²) in [6.45, 7) is 6.28. The van der Waals surface area contributed by atoms with Crippen LogP contribution in [0.1, 0.15) is 19.5 Å². The third-order valence-electron chi connectivity index (χ3n) is 3.03. The number of rotatable bonds is 6. The zero-order valence-corrected chi connectivity index (χ0v) is 13.7. The van der Waals surface area contributed by atoms with Gasteiger partial charge in [-0.15, -0.1) is 11.3 Å². The molecule has 110 valence electrons. The van der Waals surface area contributed by atoms with Gasteiger partial charge in [-0.25, -0.2) is 4.98 Å². The number of fused-ring (bicyclic) bond motifs is 1. The van der Waals surface area contributed by atoms with Gasteiger partial charge in [0.05, 0.1) is 5.69 Å². The van der Waals surface area contributed by atoms with Gasteiger partial charge in [-0.3, -0.25) is 9.38 Å². The molecule has 0 atom stereocenters. The van der Waals surface area contributed by atoms with Crippen molar-refractivity contribution < 1.29 is 0 Å². The first-order valence-corrected chi connectivity index (χ1v) is 8.66. The summed E-state index contributed by atoms with van der Waals surface area (Å²) in [5.41, 5.74) is 1.23. The van der Waals surface area contributed by atoms with Crippen LogP contribution in [-0.2, 0) is 6.54 Å². The lowest BCUT2D eigenvalue weighted by molar-refractivity contribution is 0.544. The monoisotopic (exact) mass is 318 g/mol. The molecule has 1 N–H and O–H groups in total. The molecule has 0 radical (unpaired) electrons. The summed E-state index contributed by atoms with van der Waals surface area (Å²) in [5.74, 6) is 0.646. The first-order valence-electron chi connectivity index (χ1n) is 6.97. The number of imidazole rings is 1. The average Bonchev–Trinajstić information content (AvgIpc) is 3.02. The number of hydrogen-bond acceptors (Lipinski definition) is 5. The van der Waals surface area contributed by atoms with Crippen LogP contribution < -0.4 is 5.32 Å². The van der Waals surface area contributed by atoms with Crippen LogP contribution in [0.3, 0.4) is 0 Å². The standard InChI is InChI=1S/C15H18N4S2/c1-11(2)9-17-10-13-14(18-15-19(13)7-8-20-15)21-12-3-5-16-6-4-12/h3-8,11,17H,9-10H2,1-2H3. The summed E-state index contributed by atoms with van der Waals surface area (Å²) in [6.07, 6.45) is 5.73. The maximum atomic E-state index is 4.75. The zero-order valence-electron chi connectivity index (χ0n) is 12.1. The minimum absolute atomic E-state index is 0.646.